The molecule has 0 radical (unpaired) electrons. The summed E-state index contributed by atoms with van der Waals surface area (Å²) < 4.78 is 18.9. The van der Waals surface area contributed by atoms with Gasteiger partial charge in [0.15, 0.2) is 0 Å². The molecule has 0 spiro atoms. The maximum Gasteiger partial charge on any atom is 0.146 e. The zero-order valence-corrected chi connectivity index (χ0v) is 11.6. The van der Waals surface area contributed by atoms with Gasteiger partial charge in [-0.2, -0.15) is 0 Å². The molecule has 1 rings (SSSR count). The number of rotatable bonds is 7. The average Bonchev–Trinajstić information content (AvgIpc) is 2.36. The Hall–Kier alpha value is -0.680. The number of nitrogens with two attached hydrogens (primary N) is 1. The van der Waals surface area contributed by atoms with E-state index in [-0.39, 0.29) is 16.9 Å². The van der Waals surface area contributed by atoms with Crippen molar-refractivity contribution in [3.05, 3.63) is 34.6 Å². The Kier molecular flexibility index (Phi) is 6.57. The third-order valence-corrected chi connectivity index (χ3v) is 3.25. The van der Waals surface area contributed by atoms with E-state index in [9.17, 15) is 4.39 Å². The van der Waals surface area contributed by atoms with Crippen molar-refractivity contribution in [2.75, 3.05) is 33.9 Å². The lowest BCUT2D eigenvalue weighted by molar-refractivity contribution is 0.165. The molecule has 0 aliphatic rings. The van der Waals surface area contributed by atoms with Crippen LogP contribution in [0.4, 0.5) is 4.39 Å². The normalized spacial score (nSPS) is 13.0. The minimum absolute atomic E-state index is 0.135. The fraction of sp³-hybridized carbons (Fsp3) is 0.538. The molecule has 1 aromatic carbocycles. The molecular formula is C13H20ClFN2O. The van der Waals surface area contributed by atoms with Crippen LogP contribution in [-0.2, 0) is 4.74 Å². The molecule has 5 heteroatoms. The van der Waals surface area contributed by atoms with Gasteiger partial charge in [0, 0.05) is 38.4 Å². The highest BCUT2D eigenvalue weighted by Gasteiger charge is 2.19. The Morgan fingerprint density at radius 2 is 2.22 bits per heavy atom. The van der Waals surface area contributed by atoms with E-state index in [2.05, 4.69) is 0 Å². The van der Waals surface area contributed by atoms with Crippen LogP contribution >= 0.6 is 11.6 Å². The maximum absolute atomic E-state index is 13.9. The van der Waals surface area contributed by atoms with Gasteiger partial charge < -0.3 is 10.5 Å². The molecule has 0 aromatic heterocycles. The standard InChI is InChI=1S/C13H20ClFN2O/c1-17(7-4-8-18-2)12(9-16)10-5-3-6-11(14)13(10)15/h3,5-6,12H,4,7-9,16H2,1-2H3. The summed E-state index contributed by atoms with van der Waals surface area (Å²) in [5, 5.41) is 0.135. The van der Waals surface area contributed by atoms with Gasteiger partial charge in [-0.1, -0.05) is 23.7 Å². The molecule has 1 unspecified atom stereocenters. The zero-order valence-electron chi connectivity index (χ0n) is 10.8. The van der Waals surface area contributed by atoms with Crippen molar-refractivity contribution in [2.45, 2.75) is 12.5 Å². The number of methoxy groups -OCH3 is 1. The second-order valence-corrected chi connectivity index (χ2v) is 4.63. The smallest absolute Gasteiger partial charge is 0.146 e. The van der Waals surface area contributed by atoms with E-state index in [1.54, 1.807) is 25.3 Å². The summed E-state index contributed by atoms with van der Waals surface area (Å²) in [6.07, 6.45) is 0.881. The van der Waals surface area contributed by atoms with Crippen molar-refractivity contribution in [1.29, 1.82) is 0 Å². The monoisotopic (exact) mass is 274 g/mol. The highest BCUT2D eigenvalue weighted by Crippen LogP contribution is 2.26. The molecule has 0 heterocycles. The van der Waals surface area contributed by atoms with Gasteiger partial charge in [-0.15, -0.1) is 0 Å². The minimum atomic E-state index is -0.381. The molecule has 0 bridgehead atoms. The first-order valence-corrected chi connectivity index (χ1v) is 6.32. The summed E-state index contributed by atoms with van der Waals surface area (Å²) in [6, 6.07) is 4.84. The van der Waals surface area contributed by atoms with E-state index in [0.717, 1.165) is 13.0 Å². The maximum atomic E-state index is 13.9. The summed E-state index contributed by atoms with van der Waals surface area (Å²) in [5.41, 5.74) is 6.29. The van der Waals surface area contributed by atoms with Crippen LogP contribution < -0.4 is 5.73 Å². The van der Waals surface area contributed by atoms with Crippen molar-refractivity contribution in [2.24, 2.45) is 5.73 Å². The molecule has 0 aliphatic carbocycles. The number of hydrogen-bond acceptors (Lipinski definition) is 3. The van der Waals surface area contributed by atoms with Crippen molar-refractivity contribution in [3.63, 3.8) is 0 Å². The van der Waals surface area contributed by atoms with Crippen LogP contribution in [0, 0.1) is 5.82 Å². The van der Waals surface area contributed by atoms with Gasteiger partial charge in [-0.05, 0) is 19.5 Å². The fourth-order valence-corrected chi connectivity index (χ4v) is 2.12. The molecule has 0 saturated heterocycles. The van der Waals surface area contributed by atoms with Gasteiger partial charge in [0.05, 0.1) is 5.02 Å². The van der Waals surface area contributed by atoms with Gasteiger partial charge in [-0.3, -0.25) is 4.90 Å². The number of hydrogen-bond donors (Lipinski definition) is 1. The lowest BCUT2D eigenvalue weighted by Crippen LogP contribution is -2.32. The highest BCUT2D eigenvalue weighted by atomic mass is 35.5. The number of benzene rings is 1. The van der Waals surface area contributed by atoms with E-state index >= 15 is 0 Å². The lowest BCUT2D eigenvalue weighted by atomic mass is 10.0. The summed E-state index contributed by atoms with van der Waals surface area (Å²) in [4.78, 5) is 2.02. The molecule has 3 nitrogen and oxygen atoms in total. The van der Waals surface area contributed by atoms with Gasteiger partial charge >= 0.3 is 0 Å². The molecular weight excluding hydrogens is 255 g/mol. The SMILES string of the molecule is COCCCN(C)C(CN)c1cccc(Cl)c1F. The zero-order chi connectivity index (χ0) is 13.5. The van der Waals surface area contributed by atoms with E-state index in [0.29, 0.717) is 18.7 Å². The number of ether oxygens (including phenoxy) is 1. The van der Waals surface area contributed by atoms with Crippen LogP contribution in [0.15, 0.2) is 18.2 Å². The Bertz CT molecular complexity index is 376. The molecule has 102 valence electrons. The molecule has 18 heavy (non-hydrogen) atoms. The van der Waals surface area contributed by atoms with Crippen LogP contribution in [-0.4, -0.2) is 38.8 Å². The van der Waals surface area contributed by atoms with Crippen LogP contribution in [0.5, 0.6) is 0 Å². The summed E-state index contributed by atoms with van der Waals surface area (Å²) in [5.74, 6) is -0.381. The van der Waals surface area contributed by atoms with Crippen LogP contribution in [0.3, 0.4) is 0 Å². The van der Waals surface area contributed by atoms with Crippen LogP contribution in [0.1, 0.15) is 18.0 Å². The molecule has 0 amide bonds. The summed E-state index contributed by atoms with van der Waals surface area (Å²) >= 11 is 5.79. The number of nitrogens with zero attached hydrogens (tertiary/aromatic N) is 1. The van der Waals surface area contributed by atoms with Crippen molar-refractivity contribution < 1.29 is 9.13 Å². The summed E-state index contributed by atoms with van der Waals surface area (Å²) in [6.45, 7) is 1.82. The van der Waals surface area contributed by atoms with E-state index in [4.69, 9.17) is 22.1 Å². The van der Waals surface area contributed by atoms with Gasteiger partial charge in [0.2, 0.25) is 0 Å². The summed E-state index contributed by atoms with van der Waals surface area (Å²) in [7, 11) is 3.59. The topological polar surface area (TPSA) is 38.5 Å². The molecule has 0 fully saturated rings. The second-order valence-electron chi connectivity index (χ2n) is 4.22. The van der Waals surface area contributed by atoms with Crippen molar-refractivity contribution >= 4 is 11.6 Å². The first-order valence-electron chi connectivity index (χ1n) is 5.95. The Morgan fingerprint density at radius 1 is 1.50 bits per heavy atom. The van der Waals surface area contributed by atoms with E-state index in [1.165, 1.54) is 0 Å². The first kappa shape index (κ1) is 15.4. The molecule has 0 saturated carbocycles. The average molecular weight is 275 g/mol. The predicted octanol–water partition coefficient (Wildman–Crippen LogP) is 2.45. The predicted molar refractivity (Wildman–Crippen MR) is 72.3 cm³/mol. The van der Waals surface area contributed by atoms with E-state index in [1.807, 2.05) is 11.9 Å². The molecule has 0 aliphatic heterocycles. The Balaban J connectivity index is 2.78. The minimum Gasteiger partial charge on any atom is -0.385 e. The first-order chi connectivity index (χ1) is 8.61. The van der Waals surface area contributed by atoms with Crippen molar-refractivity contribution in [3.8, 4) is 0 Å². The molecule has 2 N–H and O–H groups in total. The number of halogens is 2. The van der Waals surface area contributed by atoms with Gasteiger partial charge in [0.25, 0.3) is 0 Å². The quantitative estimate of drug-likeness (QED) is 0.776. The van der Waals surface area contributed by atoms with E-state index < -0.39 is 0 Å². The molecule has 1 atom stereocenters. The highest BCUT2D eigenvalue weighted by molar-refractivity contribution is 6.30. The number of likely N-dealkylation sites (N-methyl/N-ethyl adjacent to an activating group) is 1. The lowest BCUT2D eigenvalue weighted by Gasteiger charge is -2.27. The third-order valence-electron chi connectivity index (χ3n) is 2.96. The Morgan fingerprint density at radius 3 is 2.83 bits per heavy atom. The van der Waals surface area contributed by atoms with Crippen LogP contribution in [0.2, 0.25) is 5.02 Å². The fourth-order valence-electron chi connectivity index (χ4n) is 1.94. The van der Waals surface area contributed by atoms with Gasteiger partial charge in [0.1, 0.15) is 5.82 Å². The second kappa shape index (κ2) is 7.69. The van der Waals surface area contributed by atoms with Crippen molar-refractivity contribution in [1.82, 2.24) is 4.90 Å². The Labute approximate surface area is 113 Å². The van der Waals surface area contributed by atoms with Crippen LogP contribution in [0.25, 0.3) is 0 Å². The third kappa shape index (κ3) is 3.92. The van der Waals surface area contributed by atoms with Gasteiger partial charge in [-0.25, -0.2) is 4.39 Å². The largest absolute Gasteiger partial charge is 0.385 e. The molecule has 1 aromatic rings.